The Bertz CT molecular complexity index is 745. The molecule has 158 valence electrons. The third-order valence-electron chi connectivity index (χ3n) is 6.75. The van der Waals surface area contributed by atoms with Gasteiger partial charge in [-0.15, -0.1) is 0 Å². The number of nitrogens with zero attached hydrogens (tertiary/aromatic N) is 3. The maximum atomic E-state index is 8.25. The van der Waals surface area contributed by atoms with Gasteiger partial charge in [-0.05, 0) is 68.1 Å². The molecule has 4 atom stereocenters. The number of allylic oxidation sites excluding steroid dienone is 1. The zero-order valence-corrected chi connectivity index (χ0v) is 17.7. The van der Waals surface area contributed by atoms with Crippen molar-refractivity contribution in [3.05, 3.63) is 29.6 Å². The highest BCUT2D eigenvalue weighted by Gasteiger charge is 2.41. The second kappa shape index (κ2) is 8.79. The van der Waals surface area contributed by atoms with Gasteiger partial charge in [-0.1, -0.05) is 0 Å². The van der Waals surface area contributed by atoms with Crippen LogP contribution in [0.2, 0.25) is 0 Å². The lowest BCUT2D eigenvalue weighted by atomic mass is 10.0. The minimum atomic E-state index is 0.384. The van der Waals surface area contributed by atoms with Crippen LogP contribution in [-0.2, 0) is 11.8 Å². The second-order valence-corrected chi connectivity index (χ2v) is 9.10. The molecule has 1 saturated carbocycles. The highest BCUT2D eigenvalue weighted by Crippen LogP contribution is 2.38. The van der Waals surface area contributed by atoms with E-state index in [4.69, 9.17) is 15.6 Å². The van der Waals surface area contributed by atoms with Crippen LogP contribution >= 0.6 is 0 Å². The average molecular weight is 399 g/mol. The van der Waals surface area contributed by atoms with Crippen LogP contribution in [0.25, 0.3) is 0 Å². The number of hydrogen-bond acceptors (Lipinski definition) is 5. The summed E-state index contributed by atoms with van der Waals surface area (Å²) in [6.45, 7) is 7.43. The summed E-state index contributed by atoms with van der Waals surface area (Å²) in [5, 5.41) is 24.1. The van der Waals surface area contributed by atoms with Crippen molar-refractivity contribution in [3.8, 4) is 0 Å². The first kappa shape index (κ1) is 20.3. The van der Waals surface area contributed by atoms with Crippen LogP contribution in [0.5, 0.6) is 0 Å². The predicted octanol–water partition coefficient (Wildman–Crippen LogP) is 2.36. The molecule has 4 rings (SSSR count). The molecule has 1 aliphatic carbocycles. The molecule has 3 N–H and O–H groups in total. The largest absolute Gasteiger partial charge is 0.381 e. The Balaban J connectivity index is 1.22. The summed E-state index contributed by atoms with van der Waals surface area (Å²) in [5.74, 6) is 2.62. The predicted molar refractivity (Wildman–Crippen MR) is 115 cm³/mol. The Morgan fingerprint density at radius 3 is 2.66 bits per heavy atom. The Kier molecular flexibility index (Phi) is 6.15. The summed E-state index contributed by atoms with van der Waals surface area (Å²) >= 11 is 0. The third-order valence-corrected chi connectivity index (χ3v) is 6.75. The van der Waals surface area contributed by atoms with Crippen LogP contribution in [0.15, 0.2) is 18.3 Å². The van der Waals surface area contributed by atoms with Crippen molar-refractivity contribution >= 4 is 11.5 Å². The van der Waals surface area contributed by atoms with Crippen LogP contribution in [0.1, 0.15) is 36.9 Å². The standard InChI is InChI=1S/C22H34N6O/c1-15-10-25-27(2)22(15)20(23)5-6-21(24)26-19-8-17-12-28(13-18(17)9-19)11-16-4-3-7-29-14-16/h5-6,10,16-19,23H,3-4,7-9,11-14H2,1-2H3,(H2,24,26)/b6-5-,23-20?/t16?,17-,18+,19+. The van der Waals surface area contributed by atoms with Crippen LogP contribution in [0.3, 0.4) is 0 Å². The first-order valence-corrected chi connectivity index (χ1v) is 10.9. The van der Waals surface area contributed by atoms with Crippen molar-refractivity contribution in [2.24, 2.45) is 24.8 Å². The fraction of sp³-hybridized carbons (Fsp3) is 0.682. The molecule has 0 aromatic carbocycles. The summed E-state index contributed by atoms with van der Waals surface area (Å²) in [6, 6.07) is 0.384. The molecular weight excluding hydrogens is 364 g/mol. The Labute approximate surface area is 173 Å². The van der Waals surface area contributed by atoms with Gasteiger partial charge in [0.1, 0.15) is 5.84 Å². The minimum absolute atomic E-state index is 0.384. The Morgan fingerprint density at radius 2 is 2.03 bits per heavy atom. The van der Waals surface area contributed by atoms with Gasteiger partial charge in [-0.25, -0.2) is 0 Å². The monoisotopic (exact) mass is 398 g/mol. The van der Waals surface area contributed by atoms with Gasteiger partial charge < -0.3 is 15.0 Å². The maximum Gasteiger partial charge on any atom is 0.118 e. The van der Waals surface area contributed by atoms with E-state index in [-0.39, 0.29) is 0 Å². The zero-order chi connectivity index (χ0) is 20.4. The minimum Gasteiger partial charge on any atom is -0.381 e. The summed E-state index contributed by atoms with van der Waals surface area (Å²) < 4.78 is 7.35. The molecule has 0 radical (unpaired) electrons. The molecule has 2 aliphatic heterocycles. The van der Waals surface area contributed by atoms with E-state index in [1.165, 1.54) is 32.5 Å². The number of aryl methyl sites for hydroxylation is 2. The van der Waals surface area contributed by atoms with Crippen LogP contribution in [0.4, 0.5) is 0 Å². The molecule has 7 nitrogen and oxygen atoms in total. The van der Waals surface area contributed by atoms with Crippen LogP contribution in [-0.4, -0.2) is 65.1 Å². The summed E-state index contributed by atoms with van der Waals surface area (Å²) in [4.78, 5) is 2.65. The molecule has 0 spiro atoms. The number of nitrogens with one attached hydrogen (secondary N) is 3. The highest BCUT2D eigenvalue weighted by atomic mass is 16.5. The maximum absolute atomic E-state index is 8.25. The van der Waals surface area contributed by atoms with E-state index in [1.54, 1.807) is 23.0 Å². The van der Waals surface area contributed by atoms with E-state index in [0.717, 1.165) is 49.1 Å². The van der Waals surface area contributed by atoms with Crippen molar-refractivity contribution < 1.29 is 4.74 Å². The number of fused-ring (bicyclic) bond motifs is 1. The molecule has 1 aromatic heterocycles. The van der Waals surface area contributed by atoms with E-state index >= 15 is 0 Å². The first-order chi connectivity index (χ1) is 14.0. The number of ether oxygens (including phenoxy) is 1. The third kappa shape index (κ3) is 4.78. The Hall–Kier alpha value is -1.99. The second-order valence-electron chi connectivity index (χ2n) is 9.10. The van der Waals surface area contributed by atoms with Crippen molar-refractivity contribution in [3.63, 3.8) is 0 Å². The molecule has 3 heterocycles. The van der Waals surface area contributed by atoms with Crippen LogP contribution < -0.4 is 5.32 Å². The molecule has 1 unspecified atom stereocenters. The van der Waals surface area contributed by atoms with Gasteiger partial charge in [0.15, 0.2) is 0 Å². The lowest BCUT2D eigenvalue weighted by Crippen LogP contribution is -2.35. The van der Waals surface area contributed by atoms with Gasteiger partial charge in [0.2, 0.25) is 0 Å². The molecule has 0 amide bonds. The van der Waals surface area contributed by atoms with Crippen molar-refractivity contribution in [1.29, 1.82) is 10.8 Å². The first-order valence-electron chi connectivity index (χ1n) is 10.9. The summed E-state index contributed by atoms with van der Waals surface area (Å²) in [6.07, 6.45) is 10.00. The number of aromatic nitrogens is 2. The topological polar surface area (TPSA) is 90.0 Å². The SMILES string of the molecule is Cc1cnn(C)c1C(=N)/C=C\C(=N)N[C@H]1C[C@@H]2CN(CC3CCCOC3)C[C@@H]2C1. The molecule has 1 aromatic rings. The highest BCUT2D eigenvalue weighted by molar-refractivity contribution is 6.09. The number of rotatable bonds is 6. The molecule has 2 saturated heterocycles. The smallest absolute Gasteiger partial charge is 0.118 e. The molecule has 3 aliphatic rings. The van der Waals surface area contributed by atoms with E-state index < -0.39 is 0 Å². The quantitative estimate of drug-likeness (QED) is 0.507. The number of hydrogen-bond donors (Lipinski definition) is 3. The summed E-state index contributed by atoms with van der Waals surface area (Å²) in [7, 11) is 1.84. The zero-order valence-electron chi connectivity index (χ0n) is 17.7. The van der Waals surface area contributed by atoms with Gasteiger partial charge in [-0.2, -0.15) is 5.10 Å². The van der Waals surface area contributed by atoms with E-state index in [0.29, 0.717) is 23.5 Å². The van der Waals surface area contributed by atoms with E-state index in [1.807, 2.05) is 14.0 Å². The molecule has 3 fully saturated rings. The lowest BCUT2D eigenvalue weighted by Gasteiger charge is -2.27. The van der Waals surface area contributed by atoms with Gasteiger partial charge in [0.05, 0.1) is 24.2 Å². The Morgan fingerprint density at radius 1 is 1.28 bits per heavy atom. The molecule has 0 bridgehead atoms. The van der Waals surface area contributed by atoms with E-state index in [2.05, 4.69) is 15.3 Å². The number of amidine groups is 1. The molecule has 29 heavy (non-hydrogen) atoms. The van der Waals surface area contributed by atoms with Crippen LogP contribution in [0, 0.1) is 35.5 Å². The van der Waals surface area contributed by atoms with Gasteiger partial charge >= 0.3 is 0 Å². The fourth-order valence-electron chi connectivity index (χ4n) is 5.43. The van der Waals surface area contributed by atoms with Crippen molar-refractivity contribution in [2.45, 2.75) is 38.6 Å². The van der Waals surface area contributed by atoms with Gasteiger partial charge in [-0.3, -0.25) is 15.5 Å². The number of likely N-dealkylation sites (tertiary alicyclic amines) is 1. The average Bonchev–Trinajstić information content (AvgIpc) is 3.33. The molecular formula is C22H34N6O. The van der Waals surface area contributed by atoms with Gasteiger partial charge in [0, 0.05) is 39.3 Å². The van der Waals surface area contributed by atoms with Gasteiger partial charge in [0.25, 0.3) is 0 Å². The van der Waals surface area contributed by atoms with Crippen molar-refractivity contribution in [2.75, 3.05) is 32.8 Å². The normalized spacial score (nSPS) is 30.0. The lowest BCUT2D eigenvalue weighted by molar-refractivity contribution is 0.0407. The van der Waals surface area contributed by atoms with E-state index in [9.17, 15) is 0 Å². The molecule has 7 heteroatoms. The van der Waals surface area contributed by atoms with Crippen molar-refractivity contribution in [1.82, 2.24) is 20.0 Å². The fourth-order valence-corrected chi connectivity index (χ4v) is 5.43. The summed E-state index contributed by atoms with van der Waals surface area (Å²) in [5.41, 5.74) is 2.17.